The molecule has 0 aliphatic heterocycles. The predicted molar refractivity (Wildman–Crippen MR) is 60.5 cm³/mol. The molecule has 0 aromatic heterocycles. The molecule has 10 heteroatoms. The van der Waals surface area contributed by atoms with Crippen LogP contribution in [0.4, 0.5) is 32.0 Å². The summed E-state index contributed by atoms with van der Waals surface area (Å²) in [6, 6.07) is 2.64. The minimum atomic E-state index is -4.94. The van der Waals surface area contributed by atoms with E-state index in [0.717, 1.165) is 18.2 Å². The van der Waals surface area contributed by atoms with Crippen molar-refractivity contribution in [3.8, 4) is 5.75 Å². The summed E-state index contributed by atoms with van der Waals surface area (Å²) in [5.41, 5.74) is 4.64. The van der Waals surface area contributed by atoms with E-state index in [1.807, 2.05) is 5.32 Å². The number of benzene rings is 1. The molecule has 0 bridgehead atoms. The molecule has 0 aliphatic carbocycles. The molecular weight excluding hydrogens is 306 g/mol. The molecule has 0 aliphatic rings. The number of ether oxygens (including phenoxy) is 1. The van der Waals surface area contributed by atoms with E-state index in [4.69, 9.17) is 5.73 Å². The van der Waals surface area contributed by atoms with Gasteiger partial charge in [0.1, 0.15) is 0 Å². The van der Waals surface area contributed by atoms with Gasteiger partial charge in [-0.25, -0.2) is 0 Å². The van der Waals surface area contributed by atoms with Crippen molar-refractivity contribution in [3.63, 3.8) is 0 Å². The molecule has 0 radical (unpaired) electrons. The maximum atomic E-state index is 12.0. The lowest BCUT2D eigenvalue weighted by molar-refractivity contribution is -0.274. The minimum Gasteiger partial charge on any atom is -0.404 e. The first-order valence-electron chi connectivity index (χ1n) is 5.48. The Balaban J connectivity index is 2.68. The molecule has 4 nitrogen and oxygen atoms in total. The third-order valence-corrected chi connectivity index (χ3v) is 2.19. The van der Waals surface area contributed by atoms with Crippen LogP contribution in [0.1, 0.15) is 16.8 Å². The number of halogens is 6. The van der Waals surface area contributed by atoms with Crippen LogP contribution in [0.15, 0.2) is 18.2 Å². The third kappa shape index (κ3) is 6.23. The number of rotatable bonds is 4. The van der Waals surface area contributed by atoms with Crippen LogP contribution in [0.2, 0.25) is 0 Å². The first-order chi connectivity index (χ1) is 9.48. The summed E-state index contributed by atoms with van der Waals surface area (Å²) in [7, 11) is 0. The Labute approximate surface area is 114 Å². The van der Waals surface area contributed by atoms with Crippen molar-refractivity contribution in [1.29, 1.82) is 0 Å². The molecule has 1 aromatic carbocycles. The number of nitrogen functional groups attached to an aromatic ring is 1. The van der Waals surface area contributed by atoms with E-state index in [-0.39, 0.29) is 5.56 Å². The highest BCUT2D eigenvalue weighted by atomic mass is 19.4. The van der Waals surface area contributed by atoms with Crippen molar-refractivity contribution in [3.05, 3.63) is 23.8 Å². The molecule has 0 spiro atoms. The van der Waals surface area contributed by atoms with E-state index < -0.39 is 42.8 Å². The van der Waals surface area contributed by atoms with E-state index in [2.05, 4.69) is 4.74 Å². The number of amides is 1. The molecule has 0 saturated heterocycles. The van der Waals surface area contributed by atoms with Gasteiger partial charge in [-0.1, -0.05) is 0 Å². The number of carbonyl (C=O) groups excluding carboxylic acids is 1. The van der Waals surface area contributed by atoms with Gasteiger partial charge in [0.2, 0.25) is 0 Å². The molecule has 3 N–H and O–H groups in total. The number of hydrogen-bond donors (Lipinski definition) is 2. The standard InChI is InChI=1S/C11H10F6N2O2/c12-10(13,14)3-4-19-9(20)6-1-2-8(7(18)5-6)21-11(15,16)17/h1-2,5H,3-4,18H2,(H,19,20). The number of alkyl halides is 6. The Morgan fingerprint density at radius 1 is 1.19 bits per heavy atom. The molecule has 1 rings (SSSR count). The lowest BCUT2D eigenvalue weighted by Crippen LogP contribution is -2.28. The number of carbonyl (C=O) groups is 1. The normalized spacial score (nSPS) is 12.1. The molecule has 0 fully saturated rings. The fraction of sp³-hybridized carbons (Fsp3) is 0.364. The highest BCUT2D eigenvalue weighted by Crippen LogP contribution is 2.29. The fourth-order valence-corrected chi connectivity index (χ4v) is 1.33. The second kappa shape index (κ2) is 6.10. The lowest BCUT2D eigenvalue weighted by atomic mass is 10.1. The molecular formula is C11H10F6N2O2. The Morgan fingerprint density at radius 3 is 2.29 bits per heavy atom. The second-order valence-electron chi connectivity index (χ2n) is 3.92. The van der Waals surface area contributed by atoms with Gasteiger partial charge >= 0.3 is 12.5 Å². The Hall–Kier alpha value is -2.13. The highest BCUT2D eigenvalue weighted by molar-refractivity contribution is 5.95. The van der Waals surface area contributed by atoms with Gasteiger partial charge < -0.3 is 15.8 Å². The summed E-state index contributed by atoms with van der Waals surface area (Å²) in [6.07, 6.45) is -10.6. The van der Waals surface area contributed by atoms with Crippen LogP contribution in [0, 0.1) is 0 Å². The van der Waals surface area contributed by atoms with Crippen molar-refractivity contribution in [2.24, 2.45) is 0 Å². The summed E-state index contributed by atoms with van der Waals surface area (Å²) in [5, 5.41) is 1.97. The Kier molecular flexibility index (Phi) is 4.92. The van der Waals surface area contributed by atoms with Gasteiger partial charge in [0.05, 0.1) is 12.1 Å². The van der Waals surface area contributed by atoms with Gasteiger partial charge in [0, 0.05) is 12.1 Å². The van der Waals surface area contributed by atoms with Crippen molar-refractivity contribution < 1.29 is 35.9 Å². The Bertz CT molecular complexity index is 512. The smallest absolute Gasteiger partial charge is 0.404 e. The third-order valence-electron chi connectivity index (χ3n) is 2.19. The summed E-state index contributed by atoms with van der Waals surface area (Å²) in [5.74, 6) is -1.58. The average Bonchev–Trinajstić information content (AvgIpc) is 2.28. The van der Waals surface area contributed by atoms with Crippen LogP contribution in [-0.4, -0.2) is 25.0 Å². The molecule has 0 saturated carbocycles. The number of nitrogens with one attached hydrogen (secondary N) is 1. The van der Waals surface area contributed by atoms with Crippen molar-refractivity contribution in [1.82, 2.24) is 5.32 Å². The quantitative estimate of drug-likeness (QED) is 0.663. The SMILES string of the molecule is Nc1cc(C(=O)NCCC(F)(F)F)ccc1OC(F)(F)F. The average molecular weight is 316 g/mol. The summed E-state index contributed by atoms with van der Waals surface area (Å²) in [4.78, 5) is 11.5. The van der Waals surface area contributed by atoms with Crippen LogP contribution >= 0.6 is 0 Å². The molecule has 0 unspecified atom stereocenters. The van der Waals surface area contributed by atoms with Gasteiger partial charge in [0.25, 0.3) is 5.91 Å². The summed E-state index contributed by atoms with van der Waals surface area (Å²) >= 11 is 0. The molecule has 1 aromatic rings. The van der Waals surface area contributed by atoms with Crippen LogP contribution in [0.3, 0.4) is 0 Å². The van der Waals surface area contributed by atoms with E-state index in [1.165, 1.54) is 0 Å². The lowest BCUT2D eigenvalue weighted by Gasteiger charge is -2.12. The zero-order valence-electron chi connectivity index (χ0n) is 10.3. The van der Waals surface area contributed by atoms with Crippen LogP contribution in [-0.2, 0) is 0 Å². The van der Waals surface area contributed by atoms with Gasteiger partial charge in [-0.2, -0.15) is 13.2 Å². The van der Waals surface area contributed by atoms with Crippen molar-refractivity contribution >= 4 is 11.6 Å². The van der Waals surface area contributed by atoms with Crippen molar-refractivity contribution in [2.45, 2.75) is 19.0 Å². The van der Waals surface area contributed by atoms with Crippen molar-refractivity contribution in [2.75, 3.05) is 12.3 Å². The zero-order chi connectivity index (χ0) is 16.3. The molecule has 118 valence electrons. The molecule has 0 atom stereocenters. The minimum absolute atomic E-state index is 0.177. The first-order valence-corrected chi connectivity index (χ1v) is 5.48. The number of anilines is 1. The monoisotopic (exact) mass is 316 g/mol. The number of hydrogen-bond acceptors (Lipinski definition) is 3. The topological polar surface area (TPSA) is 64.4 Å². The fourth-order valence-electron chi connectivity index (χ4n) is 1.33. The Morgan fingerprint density at radius 2 is 1.81 bits per heavy atom. The molecule has 1 amide bonds. The van der Waals surface area contributed by atoms with Crippen LogP contribution in [0.5, 0.6) is 5.75 Å². The van der Waals surface area contributed by atoms with E-state index in [0.29, 0.717) is 0 Å². The van der Waals surface area contributed by atoms with Gasteiger partial charge in [0.15, 0.2) is 5.75 Å². The zero-order valence-corrected chi connectivity index (χ0v) is 10.3. The van der Waals surface area contributed by atoms with Gasteiger partial charge in [-0.15, -0.1) is 13.2 Å². The highest BCUT2D eigenvalue weighted by Gasteiger charge is 2.32. The first kappa shape index (κ1) is 16.9. The van der Waals surface area contributed by atoms with Crippen LogP contribution < -0.4 is 15.8 Å². The maximum Gasteiger partial charge on any atom is 0.573 e. The number of nitrogens with two attached hydrogens (primary N) is 1. The van der Waals surface area contributed by atoms with Crippen LogP contribution in [0.25, 0.3) is 0 Å². The predicted octanol–water partition coefficient (Wildman–Crippen LogP) is 2.85. The van der Waals surface area contributed by atoms with E-state index >= 15 is 0 Å². The van der Waals surface area contributed by atoms with Gasteiger partial charge in [-0.05, 0) is 18.2 Å². The summed E-state index contributed by atoms with van der Waals surface area (Å²) < 4.78 is 75.2. The van der Waals surface area contributed by atoms with E-state index in [1.54, 1.807) is 0 Å². The summed E-state index contributed by atoms with van der Waals surface area (Å²) in [6.45, 7) is -0.650. The maximum absolute atomic E-state index is 12.0. The molecule has 0 heterocycles. The van der Waals surface area contributed by atoms with E-state index in [9.17, 15) is 31.1 Å². The second-order valence-corrected chi connectivity index (χ2v) is 3.92. The largest absolute Gasteiger partial charge is 0.573 e. The molecule has 21 heavy (non-hydrogen) atoms. The van der Waals surface area contributed by atoms with Gasteiger partial charge in [-0.3, -0.25) is 4.79 Å².